The van der Waals surface area contributed by atoms with E-state index in [2.05, 4.69) is 20.4 Å². The molecule has 10 nitrogen and oxygen atoms in total. The summed E-state index contributed by atoms with van der Waals surface area (Å²) in [5.74, 6) is -1.39. The lowest BCUT2D eigenvalue weighted by Gasteiger charge is -2.28. The molecule has 0 saturated heterocycles. The number of halogens is 1. The molecule has 156 valence electrons. The van der Waals surface area contributed by atoms with Gasteiger partial charge in [0.2, 0.25) is 12.3 Å². The number of nitrogens with one attached hydrogen (secondary N) is 1. The van der Waals surface area contributed by atoms with E-state index in [1.807, 2.05) is 0 Å². The van der Waals surface area contributed by atoms with Crippen LogP contribution in [0, 0.1) is 17.9 Å². The summed E-state index contributed by atoms with van der Waals surface area (Å²) >= 11 is 0. The molecule has 0 spiro atoms. The summed E-state index contributed by atoms with van der Waals surface area (Å²) < 4.78 is 13.1. The van der Waals surface area contributed by atoms with Gasteiger partial charge in [0.15, 0.2) is 0 Å². The molecule has 29 heavy (non-hydrogen) atoms. The molecule has 0 unspecified atom stereocenters. The fraction of sp³-hybridized carbons (Fsp3) is 0.556. The Balaban J connectivity index is 1.70. The van der Waals surface area contributed by atoms with Crippen molar-refractivity contribution in [1.29, 1.82) is 0 Å². The minimum Gasteiger partial charge on any atom is -0.309 e. The molecule has 1 aliphatic heterocycles. The van der Waals surface area contributed by atoms with Crippen LogP contribution < -0.4 is 5.32 Å². The number of aromatic nitrogens is 2. The summed E-state index contributed by atoms with van der Waals surface area (Å²) in [5, 5.41) is 17.6. The first-order valence-electron chi connectivity index (χ1n) is 9.53. The number of hydroxylamine groups is 2. The minimum atomic E-state index is -0.980. The third-order valence-corrected chi connectivity index (χ3v) is 5.21. The van der Waals surface area contributed by atoms with E-state index in [0.717, 1.165) is 30.7 Å². The van der Waals surface area contributed by atoms with Crippen LogP contribution in [0.1, 0.15) is 38.5 Å². The summed E-state index contributed by atoms with van der Waals surface area (Å²) in [6, 6.07) is 0.412. The fourth-order valence-corrected chi connectivity index (χ4v) is 3.82. The highest BCUT2D eigenvalue weighted by atomic mass is 19.1. The van der Waals surface area contributed by atoms with Crippen molar-refractivity contribution in [2.75, 3.05) is 11.9 Å². The van der Waals surface area contributed by atoms with Crippen LogP contribution in [-0.4, -0.2) is 62.3 Å². The zero-order valence-corrected chi connectivity index (χ0v) is 15.8. The Morgan fingerprint density at radius 2 is 2.17 bits per heavy atom. The highest BCUT2D eigenvalue weighted by molar-refractivity contribution is 5.99. The summed E-state index contributed by atoms with van der Waals surface area (Å²) in [4.78, 5) is 43.3. The fourth-order valence-electron chi connectivity index (χ4n) is 3.82. The van der Waals surface area contributed by atoms with E-state index in [4.69, 9.17) is 0 Å². The lowest BCUT2D eigenvalue weighted by molar-refractivity contribution is -0.158. The summed E-state index contributed by atoms with van der Waals surface area (Å²) in [6.07, 6.45) is 6.73. The molecule has 0 radical (unpaired) electrons. The van der Waals surface area contributed by atoms with Gasteiger partial charge in [0, 0.05) is 18.8 Å². The van der Waals surface area contributed by atoms with Crippen LogP contribution in [0.3, 0.4) is 0 Å². The number of carbonyl (C=O) groups excluding carboxylic acids is 3. The van der Waals surface area contributed by atoms with Crippen LogP contribution in [0.2, 0.25) is 0 Å². The quantitative estimate of drug-likeness (QED) is 0.289. The Kier molecular flexibility index (Phi) is 6.81. The van der Waals surface area contributed by atoms with Gasteiger partial charge in [-0.05, 0) is 18.4 Å². The number of rotatable bonds is 8. The maximum absolute atomic E-state index is 13.1. The van der Waals surface area contributed by atoms with Gasteiger partial charge < -0.3 is 5.32 Å². The van der Waals surface area contributed by atoms with E-state index < -0.39 is 29.9 Å². The molecule has 2 atom stereocenters. The normalized spacial score (nSPS) is 19.9. The molecular weight excluding hydrogens is 383 g/mol. The molecule has 1 aliphatic carbocycles. The first kappa shape index (κ1) is 20.8. The highest BCUT2D eigenvalue weighted by Crippen LogP contribution is 2.32. The van der Waals surface area contributed by atoms with Crippen molar-refractivity contribution in [1.82, 2.24) is 20.0 Å². The van der Waals surface area contributed by atoms with Crippen molar-refractivity contribution in [3.63, 3.8) is 0 Å². The van der Waals surface area contributed by atoms with Crippen LogP contribution in [0.25, 0.3) is 0 Å². The number of hydrazone groups is 1. The van der Waals surface area contributed by atoms with Gasteiger partial charge in [0.1, 0.15) is 11.9 Å². The molecule has 1 fully saturated rings. The molecule has 2 N–H and O–H groups in total. The lowest BCUT2D eigenvalue weighted by atomic mass is 9.92. The molecule has 3 rings (SSSR count). The molecule has 3 amide bonds. The SMILES string of the molecule is O=CN(O)C[C@@H](CC1CCCC1)C(=O)N1N=CC[C@H]1C(=O)Nc1ccnc(F)n1. The minimum absolute atomic E-state index is 0.0215. The number of anilines is 1. The van der Waals surface area contributed by atoms with E-state index in [0.29, 0.717) is 17.4 Å². The molecular formula is C18H23FN6O4. The van der Waals surface area contributed by atoms with Gasteiger partial charge in [0.05, 0.1) is 12.5 Å². The first-order chi connectivity index (χ1) is 14.0. The molecule has 2 heterocycles. The van der Waals surface area contributed by atoms with E-state index in [9.17, 15) is 24.0 Å². The summed E-state index contributed by atoms with van der Waals surface area (Å²) in [6.45, 7) is -0.170. The van der Waals surface area contributed by atoms with E-state index in [1.54, 1.807) is 0 Å². The number of hydrogen-bond donors (Lipinski definition) is 2. The monoisotopic (exact) mass is 406 g/mol. The van der Waals surface area contributed by atoms with Crippen molar-refractivity contribution in [2.45, 2.75) is 44.6 Å². The molecule has 1 aromatic rings. The van der Waals surface area contributed by atoms with Crippen LogP contribution in [0.4, 0.5) is 10.2 Å². The first-order valence-corrected chi connectivity index (χ1v) is 9.53. The van der Waals surface area contributed by atoms with Gasteiger partial charge in [-0.25, -0.2) is 15.1 Å². The van der Waals surface area contributed by atoms with Gasteiger partial charge in [0.25, 0.3) is 5.91 Å². The largest absolute Gasteiger partial charge is 0.310 e. The molecule has 0 aromatic carbocycles. The van der Waals surface area contributed by atoms with Crippen molar-refractivity contribution >= 4 is 30.3 Å². The molecule has 0 bridgehead atoms. The van der Waals surface area contributed by atoms with Crippen LogP contribution >= 0.6 is 0 Å². The Hall–Kier alpha value is -2.95. The maximum atomic E-state index is 13.1. The zero-order chi connectivity index (χ0) is 20.8. The van der Waals surface area contributed by atoms with Gasteiger partial charge in [-0.15, -0.1) is 0 Å². The van der Waals surface area contributed by atoms with E-state index >= 15 is 0 Å². The van der Waals surface area contributed by atoms with Crippen molar-refractivity contribution < 1.29 is 24.0 Å². The average molecular weight is 406 g/mol. The van der Waals surface area contributed by atoms with Gasteiger partial charge in [-0.2, -0.15) is 14.5 Å². The van der Waals surface area contributed by atoms with Crippen LogP contribution in [0.15, 0.2) is 17.4 Å². The van der Waals surface area contributed by atoms with Crippen LogP contribution in [0.5, 0.6) is 0 Å². The summed E-state index contributed by atoms with van der Waals surface area (Å²) in [7, 11) is 0. The average Bonchev–Trinajstić information content (AvgIpc) is 3.38. The van der Waals surface area contributed by atoms with E-state index in [1.165, 1.54) is 18.5 Å². The Labute approximate surface area is 166 Å². The van der Waals surface area contributed by atoms with E-state index in [-0.39, 0.29) is 25.2 Å². The zero-order valence-electron chi connectivity index (χ0n) is 15.8. The van der Waals surface area contributed by atoms with Crippen molar-refractivity contribution in [2.24, 2.45) is 16.9 Å². The standard InChI is InChI=1S/C18H23FN6O4/c19-18-20-7-6-15(23-18)22-16(27)14-5-8-21-25(14)17(28)13(10-24(29)11-26)9-12-3-1-2-4-12/h6-8,11-14,29H,1-5,9-10H2,(H,20,22,23,27)/t13-,14+/m1/s1. The molecule has 1 aromatic heterocycles. The Bertz CT molecular complexity index is 785. The topological polar surface area (TPSA) is 128 Å². The number of carbonyl (C=O) groups is 3. The predicted octanol–water partition coefficient (Wildman–Crippen LogP) is 1.18. The molecule has 1 saturated carbocycles. The summed E-state index contributed by atoms with van der Waals surface area (Å²) in [5.41, 5.74) is 0. The molecule has 11 heteroatoms. The van der Waals surface area contributed by atoms with Gasteiger partial charge in [-0.3, -0.25) is 19.6 Å². The maximum Gasteiger partial charge on any atom is 0.310 e. The molecule has 2 aliphatic rings. The highest BCUT2D eigenvalue weighted by Gasteiger charge is 2.38. The second kappa shape index (κ2) is 9.50. The Morgan fingerprint density at radius 3 is 2.86 bits per heavy atom. The lowest BCUT2D eigenvalue weighted by Crippen LogP contribution is -2.46. The number of amides is 3. The Morgan fingerprint density at radius 1 is 1.41 bits per heavy atom. The second-order valence-corrected chi connectivity index (χ2v) is 7.24. The van der Waals surface area contributed by atoms with Crippen molar-refractivity contribution in [3.05, 3.63) is 18.3 Å². The van der Waals surface area contributed by atoms with Crippen LogP contribution in [-0.2, 0) is 14.4 Å². The second-order valence-electron chi connectivity index (χ2n) is 7.24. The number of nitrogens with zero attached hydrogens (tertiary/aromatic N) is 5. The third kappa shape index (κ3) is 5.31. The van der Waals surface area contributed by atoms with Gasteiger partial charge >= 0.3 is 6.08 Å². The van der Waals surface area contributed by atoms with Crippen molar-refractivity contribution in [3.8, 4) is 0 Å². The third-order valence-electron chi connectivity index (χ3n) is 5.21. The number of hydrogen-bond acceptors (Lipinski definition) is 7. The van der Waals surface area contributed by atoms with Gasteiger partial charge in [-0.1, -0.05) is 25.7 Å². The smallest absolute Gasteiger partial charge is 0.309 e. The predicted molar refractivity (Wildman–Crippen MR) is 99.0 cm³/mol.